The van der Waals surface area contributed by atoms with E-state index in [-0.39, 0.29) is 24.1 Å². The number of hydrogen-bond acceptors (Lipinski definition) is 1. The molecule has 0 aliphatic carbocycles. The summed E-state index contributed by atoms with van der Waals surface area (Å²) in [5.74, 6) is 2.33. The molecule has 1 saturated heterocycles. The fourth-order valence-electron chi connectivity index (χ4n) is 2.28. The van der Waals surface area contributed by atoms with Crippen LogP contribution in [-0.2, 0) is 0 Å². The average Bonchev–Trinajstić information content (AvgIpc) is 2.43. The van der Waals surface area contributed by atoms with Crippen LogP contribution in [0.15, 0.2) is 35.4 Å². The van der Waals surface area contributed by atoms with Gasteiger partial charge in [0.25, 0.3) is 5.92 Å². The van der Waals surface area contributed by atoms with Crippen molar-refractivity contribution in [1.29, 1.82) is 0 Å². The Bertz CT molecular complexity index is 689. The van der Waals surface area contributed by atoms with Crippen LogP contribution in [0.1, 0.15) is 18.9 Å². The van der Waals surface area contributed by atoms with Gasteiger partial charge in [0, 0.05) is 28.3 Å². The SMILES string of the molecule is C/C(C#Cc1cccc(Cl)c1)=C1\CCN(C(=O)O)CC1(F)F. The third kappa shape index (κ3) is 3.77. The second-order valence-corrected chi connectivity index (χ2v) is 5.46. The summed E-state index contributed by atoms with van der Waals surface area (Å²) in [5.41, 5.74) is 0.813. The number of likely N-dealkylation sites (tertiary alicyclic amines) is 1. The molecule has 3 nitrogen and oxygen atoms in total. The first-order valence-corrected chi connectivity index (χ1v) is 7.01. The first-order chi connectivity index (χ1) is 10.3. The number of alkyl halides is 2. The van der Waals surface area contributed by atoms with Gasteiger partial charge in [-0.1, -0.05) is 29.5 Å². The maximum absolute atomic E-state index is 14.1. The Balaban J connectivity index is 2.25. The highest BCUT2D eigenvalue weighted by molar-refractivity contribution is 6.30. The van der Waals surface area contributed by atoms with E-state index in [0.29, 0.717) is 10.6 Å². The molecule has 1 aromatic carbocycles. The molecule has 1 fully saturated rings. The number of rotatable bonds is 0. The molecule has 1 aliphatic heterocycles. The Hall–Kier alpha value is -2.06. The van der Waals surface area contributed by atoms with Gasteiger partial charge in [0.15, 0.2) is 0 Å². The molecule has 22 heavy (non-hydrogen) atoms. The molecular weight excluding hydrogens is 312 g/mol. The van der Waals surface area contributed by atoms with E-state index in [9.17, 15) is 13.6 Å². The predicted molar refractivity (Wildman–Crippen MR) is 80.2 cm³/mol. The minimum Gasteiger partial charge on any atom is -0.465 e. The Morgan fingerprint density at radius 3 is 2.77 bits per heavy atom. The van der Waals surface area contributed by atoms with E-state index in [0.717, 1.165) is 4.90 Å². The number of carboxylic acid groups (broad SMARTS) is 1. The molecule has 2 rings (SSSR count). The van der Waals surface area contributed by atoms with Gasteiger partial charge in [-0.25, -0.2) is 4.79 Å². The normalized spacial score (nSPS) is 19.2. The quantitative estimate of drug-likeness (QED) is 0.732. The lowest BCUT2D eigenvalue weighted by Crippen LogP contribution is -2.46. The van der Waals surface area contributed by atoms with Crippen molar-refractivity contribution in [3.63, 3.8) is 0 Å². The van der Waals surface area contributed by atoms with Crippen molar-refractivity contribution in [3.8, 4) is 11.8 Å². The van der Waals surface area contributed by atoms with Gasteiger partial charge < -0.3 is 10.0 Å². The van der Waals surface area contributed by atoms with E-state index in [1.807, 2.05) is 0 Å². The van der Waals surface area contributed by atoms with Crippen molar-refractivity contribution in [2.45, 2.75) is 19.3 Å². The van der Waals surface area contributed by atoms with E-state index in [1.165, 1.54) is 6.92 Å². The number of piperidine rings is 1. The van der Waals surface area contributed by atoms with Gasteiger partial charge in [0.05, 0.1) is 6.54 Å². The zero-order valence-electron chi connectivity index (χ0n) is 11.9. The van der Waals surface area contributed by atoms with Crippen molar-refractivity contribution in [3.05, 3.63) is 46.0 Å². The monoisotopic (exact) mass is 325 g/mol. The minimum absolute atomic E-state index is 0.0185. The number of halogens is 3. The third-order valence-electron chi connectivity index (χ3n) is 3.40. The summed E-state index contributed by atoms with van der Waals surface area (Å²) in [7, 11) is 0. The van der Waals surface area contributed by atoms with Gasteiger partial charge >= 0.3 is 6.09 Å². The van der Waals surface area contributed by atoms with Crippen molar-refractivity contribution in [1.82, 2.24) is 4.90 Å². The Morgan fingerprint density at radius 2 is 2.18 bits per heavy atom. The number of allylic oxidation sites excluding steroid dienone is 1. The van der Waals surface area contributed by atoms with Gasteiger partial charge in [-0.3, -0.25) is 0 Å². The zero-order valence-corrected chi connectivity index (χ0v) is 12.6. The van der Waals surface area contributed by atoms with E-state index < -0.39 is 18.6 Å². The lowest BCUT2D eigenvalue weighted by Gasteiger charge is -2.33. The summed E-state index contributed by atoms with van der Waals surface area (Å²) in [6, 6.07) is 6.82. The molecule has 1 heterocycles. The summed E-state index contributed by atoms with van der Waals surface area (Å²) in [5, 5.41) is 9.33. The summed E-state index contributed by atoms with van der Waals surface area (Å²) in [6.07, 6.45) is -1.35. The van der Waals surface area contributed by atoms with Crippen LogP contribution in [0.5, 0.6) is 0 Å². The zero-order chi connectivity index (χ0) is 16.3. The van der Waals surface area contributed by atoms with Crippen molar-refractivity contribution in [2.75, 3.05) is 13.1 Å². The molecule has 6 heteroatoms. The van der Waals surface area contributed by atoms with E-state index in [1.54, 1.807) is 24.3 Å². The van der Waals surface area contributed by atoms with Gasteiger partial charge in [-0.05, 0) is 31.5 Å². The molecule has 0 saturated carbocycles. The van der Waals surface area contributed by atoms with Crippen LogP contribution >= 0.6 is 11.6 Å². The molecule has 1 N–H and O–H groups in total. The first-order valence-electron chi connectivity index (χ1n) is 6.63. The molecule has 0 radical (unpaired) electrons. The minimum atomic E-state index is -3.19. The summed E-state index contributed by atoms with van der Waals surface area (Å²) in [4.78, 5) is 11.5. The number of amides is 1. The molecule has 1 amide bonds. The molecule has 0 aromatic heterocycles. The smallest absolute Gasteiger partial charge is 0.407 e. The highest BCUT2D eigenvalue weighted by Crippen LogP contribution is 2.34. The molecule has 0 atom stereocenters. The topological polar surface area (TPSA) is 40.5 Å². The summed E-state index contributed by atoms with van der Waals surface area (Å²) >= 11 is 5.84. The highest BCUT2D eigenvalue weighted by atomic mass is 35.5. The maximum Gasteiger partial charge on any atom is 0.407 e. The molecular formula is C16H14ClF2NO2. The standard InChI is InChI=1S/C16H14ClF2NO2/c1-11(5-6-12-3-2-4-13(17)9-12)14-7-8-20(15(21)22)10-16(14,18)19/h2-4,9H,7-8,10H2,1H3,(H,21,22)/b14-11-. The second kappa shape index (κ2) is 6.37. The van der Waals surface area contributed by atoms with Crippen molar-refractivity contribution in [2.24, 2.45) is 0 Å². The molecule has 1 aromatic rings. The van der Waals surface area contributed by atoms with Crippen molar-refractivity contribution < 1.29 is 18.7 Å². The van der Waals surface area contributed by atoms with Gasteiger partial charge in [0.1, 0.15) is 0 Å². The Labute approximate surface area is 132 Å². The van der Waals surface area contributed by atoms with Crippen LogP contribution in [0.25, 0.3) is 0 Å². The molecule has 0 bridgehead atoms. The second-order valence-electron chi connectivity index (χ2n) is 5.02. The van der Waals surface area contributed by atoms with Gasteiger partial charge in [-0.2, -0.15) is 8.78 Å². The molecule has 0 unspecified atom stereocenters. The van der Waals surface area contributed by atoms with Crippen LogP contribution in [-0.4, -0.2) is 35.1 Å². The summed E-state index contributed by atoms with van der Waals surface area (Å²) < 4.78 is 28.1. The lowest BCUT2D eigenvalue weighted by molar-refractivity contribution is -0.0146. The largest absolute Gasteiger partial charge is 0.465 e. The molecule has 116 valence electrons. The fourth-order valence-corrected chi connectivity index (χ4v) is 2.47. The maximum atomic E-state index is 14.1. The Kier molecular flexibility index (Phi) is 4.72. The number of nitrogens with zero attached hydrogens (tertiary/aromatic N) is 1. The Morgan fingerprint density at radius 1 is 1.45 bits per heavy atom. The lowest BCUT2D eigenvalue weighted by atomic mass is 9.95. The number of hydrogen-bond donors (Lipinski definition) is 1. The van der Waals surface area contributed by atoms with Crippen LogP contribution in [0.4, 0.5) is 13.6 Å². The fraction of sp³-hybridized carbons (Fsp3) is 0.312. The van der Waals surface area contributed by atoms with Crippen molar-refractivity contribution >= 4 is 17.7 Å². The van der Waals surface area contributed by atoms with Gasteiger partial charge in [-0.15, -0.1) is 0 Å². The van der Waals surface area contributed by atoms with E-state index >= 15 is 0 Å². The van der Waals surface area contributed by atoms with Crippen LogP contribution in [0.3, 0.4) is 0 Å². The molecule has 1 aliphatic rings. The van der Waals surface area contributed by atoms with Gasteiger partial charge in [0.2, 0.25) is 0 Å². The van der Waals surface area contributed by atoms with Crippen LogP contribution < -0.4 is 0 Å². The predicted octanol–water partition coefficient (Wildman–Crippen LogP) is 4.03. The van der Waals surface area contributed by atoms with E-state index in [2.05, 4.69) is 11.8 Å². The number of carbonyl (C=O) groups is 1. The van der Waals surface area contributed by atoms with Crippen LogP contribution in [0.2, 0.25) is 5.02 Å². The summed E-state index contributed by atoms with van der Waals surface area (Å²) in [6.45, 7) is 0.751. The number of benzene rings is 1. The van der Waals surface area contributed by atoms with E-state index in [4.69, 9.17) is 16.7 Å². The third-order valence-corrected chi connectivity index (χ3v) is 3.64. The highest BCUT2D eigenvalue weighted by Gasteiger charge is 2.42. The molecule has 0 spiro atoms. The average molecular weight is 326 g/mol. The first kappa shape index (κ1) is 16.3. The van der Waals surface area contributed by atoms with Crippen LogP contribution in [0, 0.1) is 11.8 Å².